The van der Waals surface area contributed by atoms with E-state index in [0.29, 0.717) is 19.0 Å². The summed E-state index contributed by atoms with van der Waals surface area (Å²) in [6.45, 7) is 11.8. The van der Waals surface area contributed by atoms with Gasteiger partial charge in [0, 0.05) is 13.1 Å². The third-order valence-electron chi connectivity index (χ3n) is 4.64. The molecule has 1 amide bonds. The van der Waals surface area contributed by atoms with Crippen molar-refractivity contribution in [3.63, 3.8) is 0 Å². The van der Waals surface area contributed by atoms with E-state index in [1.54, 1.807) is 13.8 Å². The lowest BCUT2D eigenvalue weighted by Crippen LogP contribution is -2.52. The molecule has 2 atom stereocenters. The molecular weight excluding hydrogens is 268 g/mol. The summed E-state index contributed by atoms with van der Waals surface area (Å²) in [5, 5.41) is 12.3. The van der Waals surface area contributed by atoms with Crippen molar-refractivity contribution in [3.8, 4) is 0 Å². The van der Waals surface area contributed by atoms with E-state index in [-0.39, 0.29) is 17.9 Å². The molecule has 1 saturated heterocycles. The number of carbonyl (C=O) groups excluding carboxylic acids is 1. The zero-order valence-electron chi connectivity index (χ0n) is 14.0. The van der Waals surface area contributed by atoms with Gasteiger partial charge in [-0.3, -0.25) is 14.5 Å². The first-order chi connectivity index (χ1) is 9.66. The number of piperidine rings is 1. The summed E-state index contributed by atoms with van der Waals surface area (Å²) >= 11 is 0. The van der Waals surface area contributed by atoms with Crippen molar-refractivity contribution in [2.24, 2.45) is 17.3 Å². The van der Waals surface area contributed by atoms with Crippen molar-refractivity contribution in [2.45, 2.75) is 53.5 Å². The Bertz CT molecular complexity index is 380. The van der Waals surface area contributed by atoms with Gasteiger partial charge in [-0.25, -0.2) is 0 Å². The summed E-state index contributed by atoms with van der Waals surface area (Å²) in [5.74, 6) is -0.200. The van der Waals surface area contributed by atoms with Gasteiger partial charge < -0.3 is 10.4 Å². The highest BCUT2D eigenvalue weighted by atomic mass is 16.4. The van der Waals surface area contributed by atoms with Gasteiger partial charge in [0.15, 0.2) is 0 Å². The Morgan fingerprint density at radius 3 is 2.48 bits per heavy atom. The number of nitrogens with zero attached hydrogens (tertiary/aromatic N) is 1. The third kappa shape index (κ3) is 4.70. The molecule has 1 heterocycles. The SMILES string of the molecule is CC(C)CNC(=O)C(C)N1CCCC(C(C)(C)C(=O)O)C1. The van der Waals surface area contributed by atoms with E-state index in [9.17, 15) is 14.7 Å². The number of nitrogens with one attached hydrogen (secondary N) is 1. The molecule has 21 heavy (non-hydrogen) atoms. The Morgan fingerprint density at radius 1 is 1.33 bits per heavy atom. The molecule has 0 saturated carbocycles. The largest absolute Gasteiger partial charge is 0.481 e. The number of amides is 1. The monoisotopic (exact) mass is 298 g/mol. The van der Waals surface area contributed by atoms with E-state index in [2.05, 4.69) is 24.1 Å². The number of aliphatic carboxylic acids is 1. The maximum Gasteiger partial charge on any atom is 0.309 e. The first kappa shape index (κ1) is 18.0. The lowest BCUT2D eigenvalue weighted by atomic mass is 9.74. The second-order valence-electron chi connectivity index (χ2n) is 7.18. The smallest absolute Gasteiger partial charge is 0.309 e. The standard InChI is InChI=1S/C16H30N2O3/c1-11(2)9-17-14(19)12(3)18-8-6-7-13(10-18)16(4,5)15(20)21/h11-13H,6-10H2,1-5H3,(H,17,19)(H,20,21). The number of hydrogen-bond acceptors (Lipinski definition) is 3. The lowest BCUT2D eigenvalue weighted by molar-refractivity contribution is -0.151. The van der Waals surface area contributed by atoms with Crippen LogP contribution in [0.3, 0.4) is 0 Å². The molecule has 0 radical (unpaired) electrons. The van der Waals surface area contributed by atoms with Crippen molar-refractivity contribution in [3.05, 3.63) is 0 Å². The van der Waals surface area contributed by atoms with Gasteiger partial charge in [-0.15, -0.1) is 0 Å². The predicted octanol–water partition coefficient (Wildman–Crippen LogP) is 1.97. The van der Waals surface area contributed by atoms with Crippen LogP contribution in [0.5, 0.6) is 0 Å². The van der Waals surface area contributed by atoms with Crippen molar-refractivity contribution in [1.82, 2.24) is 10.2 Å². The van der Waals surface area contributed by atoms with Crippen molar-refractivity contribution in [2.75, 3.05) is 19.6 Å². The molecule has 2 N–H and O–H groups in total. The Balaban J connectivity index is 2.63. The molecule has 122 valence electrons. The van der Waals surface area contributed by atoms with Crippen LogP contribution in [-0.2, 0) is 9.59 Å². The Morgan fingerprint density at radius 2 is 1.95 bits per heavy atom. The van der Waals surface area contributed by atoms with Crippen LogP contribution in [0.4, 0.5) is 0 Å². The molecule has 0 spiro atoms. The number of carboxylic acids is 1. The summed E-state index contributed by atoms with van der Waals surface area (Å²) in [6, 6.07) is -0.198. The van der Waals surface area contributed by atoms with Crippen LogP contribution in [-0.4, -0.2) is 47.6 Å². The van der Waals surface area contributed by atoms with Crippen LogP contribution in [0.15, 0.2) is 0 Å². The summed E-state index contributed by atoms with van der Waals surface area (Å²) < 4.78 is 0. The van der Waals surface area contributed by atoms with E-state index in [1.807, 2.05) is 6.92 Å². The number of rotatable bonds is 6. The number of likely N-dealkylation sites (tertiary alicyclic amines) is 1. The quantitative estimate of drug-likeness (QED) is 0.786. The number of carbonyl (C=O) groups is 2. The molecule has 0 bridgehead atoms. The molecule has 5 heteroatoms. The zero-order valence-corrected chi connectivity index (χ0v) is 14.0. The molecule has 1 fully saturated rings. The highest BCUT2D eigenvalue weighted by Crippen LogP contribution is 2.34. The Labute approximate surface area is 128 Å². The van der Waals surface area contributed by atoms with Gasteiger partial charge in [0.25, 0.3) is 0 Å². The van der Waals surface area contributed by atoms with Gasteiger partial charge in [-0.1, -0.05) is 13.8 Å². The Hall–Kier alpha value is -1.10. The fourth-order valence-corrected chi connectivity index (χ4v) is 2.74. The maximum atomic E-state index is 12.2. The van der Waals surface area contributed by atoms with Crippen LogP contribution in [0, 0.1) is 17.3 Å². The first-order valence-corrected chi connectivity index (χ1v) is 7.91. The molecule has 1 aliphatic rings. The molecule has 1 aliphatic heterocycles. The minimum Gasteiger partial charge on any atom is -0.481 e. The molecule has 1 rings (SSSR count). The fourth-order valence-electron chi connectivity index (χ4n) is 2.74. The van der Waals surface area contributed by atoms with Crippen LogP contribution >= 0.6 is 0 Å². The van der Waals surface area contributed by atoms with Gasteiger partial charge >= 0.3 is 5.97 Å². The highest BCUT2D eigenvalue weighted by molar-refractivity contribution is 5.81. The maximum absolute atomic E-state index is 12.2. The molecule has 5 nitrogen and oxygen atoms in total. The van der Waals surface area contributed by atoms with E-state index in [4.69, 9.17) is 0 Å². The van der Waals surface area contributed by atoms with E-state index < -0.39 is 11.4 Å². The minimum atomic E-state index is -0.758. The Kier molecular flexibility index (Phi) is 6.20. The van der Waals surface area contributed by atoms with Gasteiger partial charge in [0.1, 0.15) is 0 Å². The number of hydrogen-bond donors (Lipinski definition) is 2. The molecule has 0 aromatic rings. The van der Waals surface area contributed by atoms with Crippen LogP contribution < -0.4 is 5.32 Å². The van der Waals surface area contributed by atoms with Gasteiger partial charge in [-0.2, -0.15) is 0 Å². The summed E-state index contributed by atoms with van der Waals surface area (Å²) in [7, 11) is 0. The van der Waals surface area contributed by atoms with Crippen molar-refractivity contribution < 1.29 is 14.7 Å². The summed E-state index contributed by atoms with van der Waals surface area (Å²) in [4.78, 5) is 25.7. The third-order valence-corrected chi connectivity index (χ3v) is 4.64. The van der Waals surface area contributed by atoms with Crippen molar-refractivity contribution >= 4 is 11.9 Å². The zero-order chi connectivity index (χ0) is 16.2. The normalized spacial score (nSPS) is 22.1. The number of carboxylic acid groups (broad SMARTS) is 1. The van der Waals surface area contributed by atoms with Gasteiger partial charge in [0.2, 0.25) is 5.91 Å². The van der Waals surface area contributed by atoms with Gasteiger partial charge in [0.05, 0.1) is 11.5 Å². The molecule has 0 aromatic heterocycles. The topological polar surface area (TPSA) is 69.6 Å². The molecule has 2 unspecified atom stereocenters. The van der Waals surface area contributed by atoms with Crippen molar-refractivity contribution in [1.29, 1.82) is 0 Å². The second-order valence-corrected chi connectivity index (χ2v) is 7.18. The predicted molar refractivity (Wildman–Crippen MR) is 83.0 cm³/mol. The van der Waals surface area contributed by atoms with Crippen LogP contribution in [0.1, 0.15) is 47.5 Å². The lowest BCUT2D eigenvalue weighted by Gasteiger charge is -2.41. The first-order valence-electron chi connectivity index (χ1n) is 7.91. The fraction of sp³-hybridized carbons (Fsp3) is 0.875. The van der Waals surface area contributed by atoms with Crippen LogP contribution in [0.2, 0.25) is 0 Å². The second kappa shape index (κ2) is 7.25. The van der Waals surface area contributed by atoms with Crippen LogP contribution in [0.25, 0.3) is 0 Å². The summed E-state index contributed by atoms with van der Waals surface area (Å²) in [6.07, 6.45) is 1.86. The molecular formula is C16H30N2O3. The van der Waals surface area contributed by atoms with E-state index in [1.165, 1.54) is 0 Å². The highest BCUT2D eigenvalue weighted by Gasteiger charge is 2.40. The molecule has 0 aliphatic carbocycles. The average Bonchev–Trinajstić information content (AvgIpc) is 2.43. The molecule has 0 aromatic carbocycles. The average molecular weight is 298 g/mol. The summed E-state index contributed by atoms with van der Waals surface area (Å²) in [5.41, 5.74) is -0.743. The van der Waals surface area contributed by atoms with E-state index in [0.717, 1.165) is 19.4 Å². The van der Waals surface area contributed by atoms with Gasteiger partial charge in [-0.05, 0) is 52.0 Å². The minimum absolute atomic E-state index is 0.0393. The van der Waals surface area contributed by atoms with E-state index >= 15 is 0 Å².